The molecule has 1 aromatic rings. The summed E-state index contributed by atoms with van der Waals surface area (Å²) in [7, 11) is 0. The van der Waals surface area contributed by atoms with Crippen molar-refractivity contribution in [2.45, 2.75) is 19.4 Å². The Labute approximate surface area is 89.7 Å². The normalized spacial score (nSPS) is 16.9. The van der Waals surface area contributed by atoms with Crippen LogP contribution in [0.5, 0.6) is 0 Å². The van der Waals surface area contributed by atoms with Gasteiger partial charge in [-0.2, -0.15) is 0 Å². The first-order valence-electron chi connectivity index (χ1n) is 4.96. The van der Waals surface area contributed by atoms with Crippen LogP contribution in [-0.4, -0.2) is 19.1 Å². The van der Waals surface area contributed by atoms with E-state index in [9.17, 15) is 0 Å². The Morgan fingerprint density at radius 1 is 1.57 bits per heavy atom. The molecule has 2 nitrogen and oxygen atoms in total. The van der Waals surface area contributed by atoms with Gasteiger partial charge in [-0.15, -0.1) is 0 Å². The van der Waals surface area contributed by atoms with E-state index in [1.54, 1.807) is 0 Å². The number of anilines is 1. The predicted octanol–water partition coefficient (Wildman–Crippen LogP) is 2.05. The molecule has 14 heavy (non-hydrogen) atoms. The van der Waals surface area contributed by atoms with Crippen LogP contribution in [0.15, 0.2) is 18.2 Å². The molecule has 76 valence electrons. The van der Waals surface area contributed by atoms with Crippen molar-refractivity contribution in [3.8, 4) is 0 Å². The Balaban J connectivity index is 2.26. The summed E-state index contributed by atoms with van der Waals surface area (Å²) in [6.45, 7) is 3.98. The second-order valence-electron chi connectivity index (χ2n) is 3.91. The Kier molecular flexibility index (Phi) is 2.66. The summed E-state index contributed by atoms with van der Waals surface area (Å²) < 4.78 is 0. The maximum Gasteiger partial charge on any atom is 0.0459 e. The first-order chi connectivity index (χ1) is 6.68. The summed E-state index contributed by atoms with van der Waals surface area (Å²) in [5, 5.41) is 0.884. The Morgan fingerprint density at radius 3 is 3.07 bits per heavy atom. The predicted molar refractivity (Wildman–Crippen MR) is 61.0 cm³/mol. The summed E-state index contributed by atoms with van der Waals surface area (Å²) in [5.74, 6) is 0. The molecule has 0 spiro atoms. The molecule has 0 unspecified atom stereocenters. The minimum atomic E-state index is 0.208. The van der Waals surface area contributed by atoms with Gasteiger partial charge in [0.25, 0.3) is 0 Å². The highest BCUT2D eigenvalue weighted by Crippen LogP contribution is 2.32. The lowest BCUT2D eigenvalue weighted by Gasteiger charge is -2.21. The largest absolute Gasteiger partial charge is 0.369 e. The number of benzene rings is 1. The van der Waals surface area contributed by atoms with Gasteiger partial charge in [0, 0.05) is 29.8 Å². The number of nitrogens with two attached hydrogens (primary N) is 1. The third kappa shape index (κ3) is 1.72. The molecule has 2 N–H and O–H groups in total. The highest BCUT2D eigenvalue weighted by atomic mass is 35.5. The quantitative estimate of drug-likeness (QED) is 0.810. The molecule has 0 fully saturated rings. The van der Waals surface area contributed by atoms with Gasteiger partial charge in [-0.05, 0) is 31.0 Å². The van der Waals surface area contributed by atoms with E-state index in [4.69, 9.17) is 17.3 Å². The maximum absolute atomic E-state index is 6.11. The van der Waals surface area contributed by atoms with E-state index in [1.807, 2.05) is 19.1 Å². The summed E-state index contributed by atoms with van der Waals surface area (Å²) in [4.78, 5) is 2.31. The van der Waals surface area contributed by atoms with Gasteiger partial charge in [0.2, 0.25) is 0 Å². The molecule has 2 rings (SSSR count). The fraction of sp³-hybridized carbons (Fsp3) is 0.455. The number of rotatable bonds is 2. The van der Waals surface area contributed by atoms with Crippen molar-refractivity contribution in [3.63, 3.8) is 0 Å². The van der Waals surface area contributed by atoms with Gasteiger partial charge < -0.3 is 10.6 Å². The molecule has 0 aromatic heterocycles. The standard InChI is InChI=1S/C11H15ClN2/c1-8(13)7-14-6-5-9-10(12)3-2-4-11(9)14/h2-4,8H,5-7,13H2,1H3/t8-/m0/s1. The molecule has 1 atom stereocenters. The zero-order valence-corrected chi connectivity index (χ0v) is 9.09. The highest BCUT2D eigenvalue weighted by Gasteiger charge is 2.21. The van der Waals surface area contributed by atoms with Gasteiger partial charge >= 0.3 is 0 Å². The average molecular weight is 211 g/mol. The van der Waals surface area contributed by atoms with Crippen molar-refractivity contribution in [2.24, 2.45) is 5.73 Å². The van der Waals surface area contributed by atoms with Crippen LogP contribution in [0.3, 0.4) is 0 Å². The second kappa shape index (κ2) is 3.79. The van der Waals surface area contributed by atoms with E-state index in [0.29, 0.717) is 0 Å². The zero-order chi connectivity index (χ0) is 10.1. The van der Waals surface area contributed by atoms with Crippen LogP contribution in [0.2, 0.25) is 5.02 Å². The third-order valence-corrected chi connectivity index (χ3v) is 2.93. The Morgan fingerprint density at radius 2 is 2.36 bits per heavy atom. The molecule has 0 amide bonds. The van der Waals surface area contributed by atoms with Crippen LogP contribution < -0.4 is 10.6 Å². The first-order valence-corrected chi connectivity index (χ1v) is 5.34. The van der Waals surface area contributed by atoms with Crippen LogP contribution >= 0.6 is 11.6 Å². The van der Waals surface area contributed by atoms with Crippen molar-refractivity contribution >= 4 is 17.3 Å². The number of hydrogen-bond acceptors (Lipinski definition) is 2. The number of hydrogen-bond donors (Lipinski definition) is 1. The van der Waals surface area contributed by atoms with Gasteiger partial charge in [0.15, 0.2) is 0 Å². The topological polar surface area (TPSA) is 29.3 Å². The Hall–Kier alpha value is -0.730. The van der Waals surface area contributed by atoms with E-state index < -0.39 is 0 Å². The molecule has 1 aliphatic rings. The van der Waals surface area contributed by atoms with Crippen LogP contribution in [0.4, 0.5) is 5.69 Å². The molecule has 0 bridgehead atoms. The van der Waals surface area contributed by atoms with Gasteiger partial charge in [-0.3, -0.25) is 0 Å². The molecule has 1 aliphatic heterocycles. The second-order valence-corrected chi connectivity index (χ2v) is 4.32. The van der Waals surface area contributed by atoms with E-state index in [1.165, 1.54) is 11.3 Å². The molecule has 1 aromatic carbocycles. The molecule has 3 heteroatoms. The van der Waals surface area contributed by atoms with E-state index in [2.05, 4.69) is 11.0 Å². The van der Waals surface area contributed by atoms with E-state index in [0.717, 1.165) is 24.5 Å². The first kappa shape index (κ1) is 9.81. The third-order valence-electron chi connectivity index (χ3n) is 2.57. The number of nitrogens with zero attached hydrogens (tertiary/aromatic N) is 1. The molecular formula is C11H15ClN2. The lowest BCUT2D eigenvalue weighted by atomic mass is 10.2. The summed E-state index contributed by atoms with van der Waals surface area (Å²) in [6, 6.07) is 6.28. The van der Waals surface area contributed by atoms with Gasteiger partial charge in [-0.1, -0.05) is 17.7 Å². The summed E-state index contributed by atoms with van der Waals surface area (Å²) in [6.07, 6.45) is 1.04. The fourth-order valence-corrected chi connectivity index (χ4v) is 2.26. The molecule has 0 saturated heterocycles. The van der Waals surface area contributed by atoms with Crippen LogP contribution in [0, 0.1) is 0 Å². The van der Waals surface area contributed by atoms with Gasteiger partial charge in [-0.25, -0.2) is 0 Å². The summed E-state index contributed by atoms with van der Waals surface area (Å²) in [5.41, 5.74) is 8.32. The van der Waals surface area contributed by atoms with Crippen LogP contribution in [-0.2, 0) is 6.42 Å². The lowest BCUT2D eigenvalue weighted by molar-refractivity contribution is 0.693. The number of halogens is 1. The number of fused-ring (bicyclic) bond motifs is 1. The van der Waals surface area contributed by atoms with Crippen molar-refractivity contribution in [2.75, 3.05) is 18.0 Å². The smallest absolute Gasteiger partial charge is 0.0459 e. The van der Waals surface area contributed by atoms with Crippen LogP contribution in [0.1, 0.15) is 12.5 Å². The van der Waals surface area contributed by atoms with Crippen molar-refractivity contribution < 1.29 is 0 Å². The fourth-order valence-electron chi connectivity index (χ4n) is 2.00. The lowest BCUT2D eigenvalue weighted by Crippen LogP contribution is -2.34. The minimum absolute atomic E-state index is 0.208. The summed E-state index contributed by atoms with van der Waals surface area (Å²) >= 11 is 6.11. The highest BCUT2D eigenvalue weighted by molar-refractivity contribution is 6.31. The average Bonchev–Trinajstić information content (AvgIpc) is 2.49. The Bertz CT molecular complexity index is 336. The maximum atomic E-state index is 6.11. The van der Waals surface area contributed by atoms with Crippen molar-refractivity contribution in [1.82, 2.24) is 0 Å². The minimum Gasteiger partial charge on any atom is -0.369 e. The van der Waals surface area contributed by atoms with Gasteiger partial charge in [0.05, 0.1) is 0 Å². The molecule has 0 aliphatic carbocycles. The van der Waals surface area contributed by atoms with E-state index >= 15 is 0 Å². The van der Waals surface area contributed by atoms with Crippen molar-refractivity contribution in [1.29, 1.82) is 0 Å². The molecule has 0 saturated carbocycles. The zero-order valence-electron chi connectivity index (χ0n) is 8.33. The van der Waals surface area contributed by atoms with Gasteiger partial charge in [0.1, 0.15) is 0 Å². The molecular weight excluding hydrogens is 196 g/mol. The molecule has 0 radical (unpaired) electrons. The van der Waals surface area contributed by atoms with Crippen molar-refractivity contribution in [3.05, 3.63) is 28.8 Å². The van der Waals surface area contributed by atoms with E-state index in [-0.39, 0.29) is 6.04 Å². The SMILES string of the molecule is C[C@H](N)CN1CCc2c(Cl)cccc21. The molecule has 1 heterocycles. The van der Waals surface area contributed by atoms with Crippen LogP contribution in [0.25, 0.3) is 0 Å². The monoisotopic (exact) mass is 210 g/mol.